The van der Waals surface area contributed by atoms with Crippen LogP contribution in [0.2, 0.25) is 0 Å². The Labute approximate surface area is 150 Å². The van der Waals surface area contributed by atoms with E-state index in [0.717, 1.165) is 25.8 Å². The van der Waals surface area contributed by atoms with Crippen LogP contribution in [0.15, 0.2) is 24.3 Å². The largest absolute Gasteiger partial charge is 0.371 e. The normalized spacial score (nSPS) is 18.5. The second-order valence-corrected chi connectivity index (χ2v) is 7.56. The van der Waals surface area contributed by atoms with Crippen molar-refractivity contribution in [1.29, 1.82) is 0 Å². The molecule has 1 unspecified atom stereocenters. The molecular formula is C22H26N2O. The summed E-state index contributed by atoms with van der Waals surface area (Å²) in [6.45, 7) is 8.75. The van der Waals surface area contributed by atoms with Gasteiger partial charge in [-0.15, -0.1) is 0 Å². The van der Waals surface area contributed by atoms with Gasteiger partial charge in [0.05, 0.1) is 11.4 Å². The van der Waals surface area contributed by atoms with Gasteiger partial charge in [-0.05, 0) is 55.0 Å². The van der Waals surface area contributed by atoms with Crippen LogP contribution in [0, 0.1) is 13.8 Å². The summed E-state index contributed by atoms with van der Waals surface area (Å²) >= 11 is 0. The van der Waals surface area contributed by atoms with Crippen LogP contribution in [-0.2, 0) is 17.6 Å². The van der Waals surface area contributed by atoms with Crippen molar-refractivity contribution in [2.45, 2.75) is 39.7 Å². The molecule has 0 amide bonds. The molecule has 0 radical (unpaired) electrons. The van der Waals surface area contributed by atoms with Gasteiger partial charge in [-0.25, -0.2) is 0 Å². The van der Waals surface area contributed by atoms with Crippen molar-refractivity contribution >= 4 is 17.7 Å². The molecule has 0 aliphatic carbocycles. The lowest BCUT2D eigenvalue weighted by Crippen LogP contribution is -2.41. The molecule has 2 aromatic rings. The molecule has 0 saturated heterocycles. The van der Waals surface area contributed by atoms with Crippen molar-refractivity contribution in [3.8, 4) is 11.1 Å². The van der Waals surface area contributed by atoms with Crippen molar-refractivity contribution in [3.63, 3.8) is 0 Å². The standard InChI is InChI=1S/C22H26N2O/c1-14-5-7-17(8-6-14)20-18(9-12-25)16(3)21-22-19(20)13-15(2)24(22)11-10-23(21)4/h5-8,12,15H,9-11,13H2,1-4H3. The summed E-state index contributed by atoms with van der Waals surface area (Å²) in [6, 6.07) is 9.29. The van der Waals surface area contributed by atoms with E-state index in [1.54, 1.807) is 0 Å². The van der Waals surface area contributed by atoms with Crippen molar-refractivity contribution < 1.29 is 4.79 Å². The third kappa shape index (κ3) is 2.37. The predicted molar refractivity (Wildman–Crippen MR) is 105 cm³/mol. The summed E-state index contributed by atoms with van der Waals surface area (Å²) in [5.41, 5.74) is 10.4. The Morgan fingerprint density at radius 1 is 1.12 bits per heavy atom. The van der Waals surface area contributed by atoms with E-state index < -0.39 is 0 Å². The maximum Gasteiger partial charge on any atom is 0.124 e. The van der Waals surface area contributed by atoms with Crippen molar-refractivity contribution in [3.05, 3.63) is 46.5 Å². The van der Waals surface area contributed by atoms with Gasteiger partial charge in [0.1, 0.15) is 6.29 Å². The molecule has 0 fully saturated rings. The van der Waals surface area contributed by atoms with Crippen LogP contribution in [0.5, 0.6) is 0 Å². The average molecular weight is 334 g/mol. The van der Waals surface area contributed by atoms with E-state index in [-0.39, 0.29) is 0 Å². The van der Waals surface area contributed by atoms with Crippen LogP contribution >= 0.6 is 0 Å². The highest BCUT2D eigenvalue weighted by atomic mass is 16.1. The molecule has 0 spiro atoms. The van der Waals surface area contributed by atoms with Gasteiger partial charge < -0.3 is 14.6 Å². The van der Waals surface area contributed by atoms with Gasteiger partial charge in [0, 0.05) is 32.6 Å². The maximum atomic E-state index is 11.5. The first-order chi connectivity index (χ1) is 12.0. The molecule has 2 aromatic carbocycles. The minimum Gasteiger partial charge on any atom is -0.371 e. The number of carbonyl (C=O) groups is 1. The van der Waals surface area contributed by atoms with Crippen LogP contribution in [0.1, 0.15) is 29.2 Å². The average Bonchev–Trinajstić information content (AvgIpc) is 2.92. The van der Waals surface area contributed by atoms with Gasteiger partial charge in [-0.3, -0.25) is 0 Å². The van der Waals surface area contributed by atoms with Gasteiger partial charge in [-0.1, -0.05) is 29.8 Å². The van der Waals surface area contributed by atoms with E-state index >= 15 is 0 Å². The maximum absolute atomic E-state index is 11.5. The zero-order chi connectivity index (χ0) is 17.7. The van der Waals surface area contributed by atoms with Crippen LogP contribution in [0.3, 0.4) is 0 Å². The Kier molecular flexibility index (Phi) is 3.82. The van der Waals surface area contributed by atoms with Crippen LogP contribution in [0.4, 0.5) is 11.4 Å². The number of carbonyl (C=O) groups excluding carboxylic acids is 1. The molecule has 0 aromatic heterocycles. The van der Waals surface area contributed by atoms with E-state index in [1.165, 1.54) is 44.8 Å². The zero-order valence-corrected chi connectivity index (χ0v) is 15.6. The zero-order valence-electron chi connectivity index (χ0n) is 15.6. The topological polar surface area (TPSA) is 23.6 Å². The molecule has 130 valence electrons. The molecule has 0 bridgehead atoms. The third-order valence-electron chi connectivity index (χ3n) is 5.93. The van der Waals surface area contributed by atoms with E-state index in [2.05, 4.69) is 61.9 Å². The molecule has 0 N–H and O–H groups in total. The lowest BCUT2D eigenvalue weighted by Gasteiger charge is -2.38. The summed E-state index contributed by atoms with van der Waals surface area (Å²) in [5.74, 6) is 0. The van der Waals surface area contributed by atoms with Gasteiger partial charge >= 0.3 is 0 Å². The van der Waals surface area contributed by atoms with E-state index in [4.69, 9.17) is 0 Å². The second kappa shape index (κ2) is 5.91. The first kappa shape index (κ1) is 16.2. The fourth-order valence-corrected chi connectivity index (χ4v) is 4.66. The van der Waals surface area contributed by atoms with Crippen molar-refractivity contribution in [2.24, 2.45) is 0 Å². The molecule has 2 aliphatic rings. The summed E-state index contributed by atoms with van der Waals surface area (Å²) < 4.78 is 0. The number of nitrogens with zero attached hydrogens (tertiary/aromatic N) is 2. The number of benzene rings is 2. The minimum atomic E-state index is 0.484. The molecule has 0 saturated carbocycles. The molecule has 3 heteroatoms. The Bertz CT molecular complexity index is 838. The summed E-state index contributed by atoms with van der Waals surface area (Å²) in [4.78, 5) is 16.4. The Hall–Kier alpha value is -2.29. The number of anilines is 2. The first-order valence-corrected chi connectivity index (χ1v) is 9.19. The number of aryl methyl sites for hydroxylation is 1. The fourth-order valence-electron chi connectivity index (χ4n) is 4.66. The van der Waals surface area contributed by atoms with Crippen molar-refractivity contribution in [1.82, 2.24) is 0 Å². The monoisotopic (exact) mass is 334 g/mol. The quantitative estimate of drug-likeness (QED) is 0.795. The van der Waals surface area contributed by atoms with Crippen molar-refractivity contribution in [2.75, 3.05) is 29.9 Å². The molecule has 2 aliphatic heterocycles. The first-order valence-electron chi connectivity index (χ1n) is 9.19. The van der Waals surface area contributed by atoms with E-state index in [9.17, 15) is 4.79 Å². The fraction of sp³-hybridized carbons (Fsp3) is 0.409. The predicted octanol–water partition coefficient (Wildman–Crippen LogP) is 3.91. The van der Waals surface area contributed by atoms with Gasteiger partial charge in [0.15, 0.2) is 0 Å². The highest BCUT2D eigenvalue weighted by Gasteiger charge is 2.37. The van der Waals surface area contributed by atoms with Gasteiger partial charge in [0.2, 0.25) is 0 Å². The second-order valence-electron chi connectivity index (χ2n) is 7.56. The molecule has 1 atom stereocenters. The summed E-state index contributed by atoms with van der Waals surface area (Å²) in [7, 11) is 2.18. The van der Waals surface area contributed by atoms with Gasteiger partial charge in [-0.2, -0.15) is 0 Å². The highest BCUT2D eigenvalue weighted by molar-refractivity contribution is 5.92. The van der Waals surface area contributed by atoms with Gasteiger partial charge in [0.25, 0.3) is 0 Å². The molecule has 25 heavy (non-hydrogen) atoms. The van der Waals surface area contributed by atoms with Crippen LogP contribution in [0.25, 0.3) is 11.1 Å². The number of hydrogen-bond donors (Lipinski definition) is 0. The molecule has 2 heterocycles. The summed E-state index contributed by atoms with van der Waals surface area (Å²) in [6.07, 6.45) is 2.60. The minimum absolute atomic E-state index is 0.484. The Morgan fingerprint density at radius 2 is 1.84 bits per heavy atom. The molecular weight excluding hydrogens is 308 g/mol. The number of likely N-dealkylation sites (N-methyl/N-ethyl adjacent to an activating group) is 1. The number of aldehydes is 1. The van der Waals surface area contributed by atoms with E-state index in [1.807, 2.05) is 0 Å². The Morgan fingerprint density at radius 3 is 2.52 bits per heavy atom. The smallest absolute Gasteiger partial charge is 0.124 e. The van der Waals surface area contributed by atoms with E-state index in [0.29, 0.717) is 12.5 Å². The molecule has 3 nitrogen and oxygen atoms in total. The van der Waals surface area contributed by atoms with Crippen LogP contribution < -0.4 is 9.80 Å². The third-order valence-corrected chi connectivity index (χ3v) is 5.93. The lowest BCUT2D eigenvalue weighted by molar-refractivity contribution is -0.107. The molecule has 4 rings (SSSR count). The highest BCUT2D eigenvalue weighted by Crippen LogP contribution is 2.50. The number of rotatable bonds is 3. The lowest BCUT2D eigenvalue weighted by atomic mass is 9.86. The SMILES string of the molecule is Cc1ccc(-c2c(CC=O)c(C)c3c4c2CC(C)N4CCN3C)cc1. The van der Waals surface area contributed by atoms with Crippen LogP contribution in [-0.4, -0.2) is 32.5 Å². The Balaban J connectivity index is 2.05. The summed E-state index contributed by atoms with van der Waals surface area (Å²) in [5, 5.41) is 0. The number of hydrogen-bond acceptors (Lipinski definition) is 3.